The molecule has 0 radical (unpaired) electrons. The van der Waals surface area contributed by atoms with Gasteiger partial charge in [0.05, 0.1) is 12.7 Å². The van der Waals surface area contributed by atoms with Gasteiger partial charge in [0.15, 0.2) is 0 Å². The third kappa shape index (κ3) is 3.24. The maximum Gasteiger partial charge on any atom is 0.144 e. The van der Waals surface area contributed by atoms with E-state index in [1.54, 1.807) is 6.92 Å². The summed E-state index contributed by atoms with van der Waals surface area (Å²) in [4.78, 5) is 2.14. The molecule has 1 aliphatic rings. The van der Waals surface area contributed by atoms with Crippen molar-refractivity contribution in [2.24, 2.45) is 0 Å². The van der Waals surface area contributed by atoms with Gasteiger partial charge in [-0.05, 0) is 27.7 Å². The second kappa shape index (κ2) is 3.93. The molecule has 0 amide bonds. The Kier molecular flexibility index (Phi) is 3.30. The van der Waals surface area contributed by atoms with Crippen molar-refractivity contribution in [2.75, 3.05) is 19.7 Å². The maximum atomic E-state index is 13.7. The fraction of sp³-hybridized carbons (Fsp3) is 1.00. The van der Waals surface area contributed by atoms with Crippen LogP contribution in [0.3, 0.4) is 0 Å². The van der Waals surface area contributed by atoms with E-state index in [9.17, 15) is 4.39 Å². The lowest BCUT2D eigenvalue weighted by Crippen LogP contribution is -2.42. The highest BCUT2D eigenvalue weighted by Gasteiger charge is 2.32. The van der Waals surface area contributed by atoms with Crippen LogP contribution in [-0.4, -0.2) is 42.4 Å². The highest BCUT2D eigenvalue weighted by molar-refractivity contribution is 4.83. The topological polar surface area (TPSA) is 12.5 Å². The third-order valence-electron chi connectivity index (χ3n) is 2.42. The van der Waals surface area contributed by atoms with Crippen LogP contribution in [-0.2, 0) is 4.74 Å². The van der Waals surface area contributed by atoms with E-state index in [0.717, 1.165) is 6.54 Å². The number of alkyl halides is 1. The summed E-state index contributed by atoms with van der Waals surface area (Å²) < 4.78 is 19.1. The summed E-state index contributed by atoms with van der Waals surface area (Å²) in [5, 5.41) is 0. The quantitative estimate of drug-likeness (QED) is 0.624. The van der Waals surface area contributed by atoms with Gasteiger partial charge in [-0.1, -0.05) is 0 Å². The Morgan fingerprint density at radius 2 is 2.15 bits per heavy atom. The molecule has 0 aliphatic carbocycles. The van der Waals surface area contributed by atoms with Crippen LogP contribution in [0.4, 0.5) is 4.39 Å². The molecule has 1 rings (SSSR count). The predicted octanol–water partition coefficient (Wildman–Crippen LogP) is 1.84. The SMILES string of the molecule is CC(C)N1C[C@@H](C)OC[C@@](C)(F)C1. The van der Waals surface area contributed by atoms with Crippen LogP contribution >= 0.6 is 0 Å². The Balaban J connectivity index is 2.63. The molecule has 1 fully saturated rings. The molecule has 13 heavy (non-hydrogen) atoms. The molecule has 1 heterocycles. The van der Waals surface area contributed by atoms with Crippen molar-refractivity contribution in [3.05, 3.63) is 0 Å². The van der Waals surface area contributed by atoms with Gasteiger partial charge in [0.25, 0.3) is 0 Å². The molecule has 0 aromatic carbocycles. The third-order valence-corrected chi connectivity index (χ3v) is 2.42. The molecule has 0 N–H and O–H groups in total. The van der Waals surface area contributed by atoms with Crippen molar-refractivity contribution in [2.45, 2.75) is 45.5 Å². The average molecular weight is 189 g/mol. The van der Waals surface area contributed by atoms with Crippen molar-refractivity contribution in [1.29, 1.82) is 0 Å². The molecule has 0 aromatic rings. The van der Waals surface area contributed by atoms with E-state index in [2.05, 4.69) is 18.7 Å². The van der Waals surface area contributed by atoms with Gasteiger partial charge >= 0.3 is 0 Å². The highest BCUT2D eigenvalue weighted by atomic mass is 19.1. The van der Waals surface area contributed by atoms with Gasteiger partial charge in [-0.2, -0.15) is 0 Å². The van der Waals surface area contributed by atoms with E-state index in [-0.39, 0.29) is 12.7 Å². The van der Waals surface area contributed by atoms with Gasteiger partial charge in [0.1, 0.15) is 5.67 Å². The van der Waals surface area contributed by atoms with Crippen molar-refractivity contribution in [3.63, 3.8) is 0 Å². The molecule has 0 bridgehead atoms. The number of ether oxygens (including phenoxy) is 1. The van der Waals surface area contributed by atoms with Crippen molar-refractivity contribution in [3.8, 4) is 0 Å². The lowest BCUT2D eigenvalue weighted by Gasteiger charge is -2.29. The first-order valence-corrected chi connectivity index (χ1v) is 4.95. The summed E-state index contributed by atoms with van der Waals surface area (Å²) in [6.07, 6.45) is 0.139. The van der Waals surface area contributed by atoms with Gasteiger partial charge in [0.2, 0.25) is 0 Å². The van der Waals surface area contributed by atoms with E-state index in [1.807, 2.05) is 6.92 Å². The monoisotopic (exact) mass is 189 g/mol. The number of halogens is 1. The standard InChI is InChI=1S/C10H20FNO/c1-8(2)12-5-9(3)13-7-10(4,11)6-12/h8-9H,5-7H2,1-4H3/t9-,10+/m1/s1. The summed E-state index contributed by atoms with van der Waals surface area (Å²) in [6.45, 7) is 9.32. The minimum absolute atomic E-state index is 0.139. The molecule has 0 unspecified atom stereocenters. The van der Waals surface area contributed by atoms with Gasteiger partial charge < -0.3 is 4.74 Å². The molecule has 3 heteroatoms. The predicted molar refractivity (Wildman–Crippen MR) is 51.6 cm³/mol. The largest absolute Gasteiger partial charge is 0.374 e. The minimum Gasteiger partial charge on any atom is -0.374 e. The second-order valence-electron chi connectivity index (χ2n) is 4.56. The summed E-state index contributed by atoms with van der Waals surface area (Å²) in [5.74, 6) is 0. The lowest BCUT2D eigenvalue weighted by molar-refractivity contribution is 0.0123. The van der Waals surface area contributed by atoms with Crippen molar-refractivity contribution in [1.82, 2.24) is 4.90 Å². The van der Waals surface area contributed by atoms with Crippen molar-refractivity contribution < 1.29 is 9.13 Å². The minimum atomic E-state index is -1.20. The first-order valence-electron chi connectivity index (χ1n) is 4.95. The number of hydrogen-bond donors (Lipinski definition) is 0. The Bertz CT molecular complexity index is 170. The molecular formula is C10H20FNO. The second-order valence-corrected chi connectivity index (χ2v) is 4.56. The Morgan fingerprint density at radius 3 is 2.69 bits per heavy atom. The van der Waals surface area contributed by atoms with Crippen LogP contribution in [0.2, 0.25) is 0 Å². The highest BCUT2D eigenvalue weighted by Crippen LogP contribution is 2.19. The Hall–Kier alpha value is -0.150. The zero-order valence-electron chi connectivity index (χ0n) is 9.01. The maximum absolute atomic E-state index is 13.7. The summed E-state index contributed by atoms with van der Waals surface area (Å²) in [6, 6.07) is 0.388. The molecule has 2 atom stereocenters. The van der Waals surface area contributed by atoms with E-state index in [1.165, 1.54) is 0 Å². The van der Waals surface area contributed by atoms with Gasteiger partial charge in [-0.25, -0.2) is 4.39 Å². The van der Waals surface area contributed by atoms with Crippen LogP contribution in [0.15, 0.2) is 0 Å². The molecule has 1 saturated heterocycles. The first kappa shape index (κ1) is 10.9. The Labute approximate surface area is 80.1 Å². The zero-order valence-corrected chi connectivity index (χ0v) is 9.01. The normalized spacial score (nSPS) is 37.8. The van der Waals surface area contributed by atoms with E-state index < -0.39 is 5.67 Å². The van der Waals surface area contributed by atoms with Crippen LogP contribution in [0.25, 0.3) is 0 Å². The summed E-state index contributed by atoms with van der Waals surface area (Å²) in [7, 11) is 0. The molecule has 78 valence electrons. The molecule has 1 aliphatic heterocycles. The smallest absolute Gasteiger partial charge is 0.144 e. The van der Waals surface area contributed by atoms with Crippen LogP contribution in [0, 0.1) is 0 Å². The fourth-order valence-corrected chi connectivity index (χ4v) is 1.63. The number of rotatable bonds is 1. The first-order chi connectivity index (χ1) is 5.91. The van der Waals surface area contributed by atoms with Crippen molar-refractivity contribution >= 4 is 0 Å². The van der Waals surface area contributed by atoms with E-state index in [4.69, 9.17) is 4.74 Å². The number of hydrogen-bond acceptors (Lipinski definition) is 2. The lowest BCUT2D eigenvalue weighted by atomic mass is 10.1. The molecule has 0 saturated carbocycles. The van der Waals surface area contributed by atoms with Gasteiger partial charge in [-0.15, -0.1) is 0 Å². The van der Waals surface area contributed by atoms with Crippen LogP contribution in [0.5, 0.6) is 0 Å². The molecule has 0 aromatic heterocycles. The van der Waals surface area contributed by atoms with Crippen LogP contribution in [0.1, 0.15) is 27.7 Å². The average Bonchev–Trinajstić information content (AvgIpc) is 2.11. The summed E-state index contributed by atoms with van der Waals surface area (Å²) >= 11 is 0. The van der Waals surface area contributed by atoms with Gasteiger partial charge in [-0.3, -0.25) is 4.90 Å². The van der Waals surface area contributed by atoms with Crippen LogP contribution < -0.4 is 0 Å². The molecule has 0 spiro atoms. The van der Waals surface area contributed by atoms with Gasteiger partial charge in [0, 0.05) is 19.1 Å². The molecule has 2 nitrogen and oxygen atoms in total. The fourth-order valence-electron chi connectivity index (χ4n) is 1.63. The van der Waals surface area contributed by atoms with E-state index in [0.29, 0.717) is 12.6 Å². The number of nitrogens with zero attached hydrogens (tertiary/aromatic N) is 1. The summed E-state index contributed by atoms with van der Waals surface area (Å²) in [5.41, 5.74) is -1.20. The molecular weight excluding hydrogens is 169 g/mol. The van der Waals surface area contributed by atoms with E-state index >= 15 is 0 Å². The zero-order chi connectivity index (χ0) is 10.1. The Morgan fingerprint density at radius 1 is 1.54 bits per heavy atom.